The third-order valence-corrected chi connectivity index (χ3v) is 7.50. The number of allylic oxidation sites excluding steroid dienone is 1. The molecule has 0 atom stereocenters. The Morgan fingerprint density at radius 3 is 2.30 bits per heavy atom. The van der Waals surface area contributed by atoms with E-state index in [2.05, 4.69) is 144 Å². The highest BCUT2D eigenvalue weighted by Crippen LogP contribution is 2.42. The van der Waals surface area contributed by atoms with Gasteiger partial charge in [-0.2, -0.15) is 0 Å². The highest BCUT2D eigenvalue weighted by atomic mass is 15.1. The van der Waals surface area contributed by atoms with E-state index < -0.39 is 0 Å². The van der Waals surface area contributed by atoms with E-state index in [1.807, 2.05) is 0 Å². The van der Waals surface area contributed by atoms with E-state index in [1.54, 1.807) is 0 Å². The second-order valence-corrected chi connectivity index (χ2v) is 9.84. The largest absolute Gasteiger partial charge is 0.313 e. The van der Waals surface area contributed by atoms with E-state index in [0.717, 1.165) is 18.5 Å². The number of aromatic nitrogens is 1. The fourth-order valence-electron chi connectivity index (χ4n) is 5.75. The van der Waals surface area contributed by atoms with E-state index in [4.69, 9.17) is 0 Å². The maximum absolute atomic E-state index is 2.45. The van der Waals surface area contributed by atoms with Crippen LogP contribution < -0.4 is 4.90 Å². The number of fused-ring (bicyclic) bond motifs is 4. The molecule has 6 aromatic rings. The van der Waals surface area contributed by atoms with Crippen molar-refractivity contribution in [2.45, 2.75) is 19.8 Å². The predicted molar refractivity (Wildman–Crippen MR) is 158 cm³/mol. The summed E-state index contributed by atoms with van der Waals surface area (Å²) in [6, 6.07) is 41.8. The maximum Gasteiger partial charge on any atom is 0.0540 e. The molecule has 178 valence electrons. The van der Waals surface area contributed by atoms with Crippen LogP contribution >= 0.6 is 0 Å². The molecule has 37 heavy (non-hydrogen) atoms. The summed E-state index contributed by atoms with van der Waals surface area (Å²) < 4.78 is 2.45. The zero-order chi connectivity index (χ0) is 24.8. The molecule has 0 radical (unpaired) electrons. The molecule has 0 amide bonds. The van der Waals surface area contributed by atoms with Gasteiger partial charge in [0.1, 0.15) is 0 Å². The van der Waals surface area contributed by atoms with Gasteiger partial charge in [0.25, 0.3) is 0 Å². The zero-order valence-electron chi connectivity index (χ0n) is 20.9. The van der Waals surface area contributed by atoms with Gasteiger partial charge in [-0.05, 0) is 73.7 Å². The van der Waals surface area contributed by atoms with Crippen molar-refractivity contribution in [2.75, 3.05) is 4.90 Å². The Kier molecular flexibility index (Phi) is 5.18. The van der Waals surface area contributed by atoms with Crippen molar-refractivity contribution >= 4 is 44.8 Å². The molecule has 1 aliphatic rings. The Labute approximate surface area is 217 Å². The van der Waals surface area contributed by atoms with Crippen molar-refractivity contribution in [3.8, 4) is 5.69 Å². The number of nitrogens with zero attached hydrogens (tertiary/aromatic N) is 2. The lowest BCUT2D eigenvalue weighted by Gasteiger charge is -2.27. The van der Waals surface area contributed by atoms with E-state index in [-0.39, 0.29) is 0 Å². The molecule has 0 aliphatic heterocycles. The second kappa shape index (κ2) is 8.83. The number of benzene rings is 5. The van der Waals surface area contributed by atoms with Gasteiger partial charge in [-0.15, -0.1) is 0 Å². The number of hydrogen-bond donors (Lipinski definition) is 0. The molecule has 5 aromatic carbocycles. The van der Waals surface area contributed by atoms with E-state index in [1.165, 1.54) is 55.6 Å². The van der Waals surface area contributed by atoms with Crippen LogP contribution in [0, 0.1) is 6.92 Å². The number of hydrogen-bond acceptors (Lipinski definition) is 1. The lowest BCUT2D eigenvalue weighted by atomic mass is 10.0. The Balaban J connectivity index is 1.49. The minimum absolute atomic E-state index is 1.05. The van der Waals surface area contributed by atoms with Crippen LogP contribution in [-0.4, -0.2) is 4.57 Å². The molecule has 1 heterocycles. The first kappa shape index (κ1) is 21.7. The predicted octanol–water partition coefficient (Wildman–Crippen LogP) is 9.52. The summed E-state index contributed by atoms with van der Waals surface area (Å²) in [6.07, 6.45) is 6.76. The molecule has 2 nitrogen and oxygen atoms in total. The minimum Gasteiger partial charge on any atom is -0.313 e. The summed E-state index contributed by atoms with van der Waals surface area (Å²) in [5.74, 6) is 0. The first-order valence-electron chi connectivity index (χ1n) is 13.0. The molecule has 7 rings (SSSR count). The number of anilines is 3. The number of rotatable bonds is 4. The molecular weight excluding hydrogens is 448 g/mol. The Morgan fingerprint density at radius 2 is 1.43 bits per heavy atom. The van der Waals surface area contributed by atoms with Gasteiger partial charge < -0.3 is 9.47 Å². The van der Waals surface area contributed by atoms with Crippen molar-refractivity contribution in [2.24, 2.45) is 0 Å². The molecule has 0 saturated heterocycles. The lowest BCUT2D eigenvalue weighted by Crippen LogP contribution is -2.10. The fraction of sp³-hybridized carbons (Fsp3) is 0.0857. The van der Waals surface area contributed by atoms with Gasteiger partial charge in [-0.1, -0.05) is 84.4 Å². The Morgan fingerprint density at radius 1 is 0.676 bits per heavy atom. The molecule has 0 N–H and O–H groups in total. The average Bonchev–Trinajstić information content (AvgIpc) is 3.29. The number of aryl methyl sites for hydroxylation is 1. The standard InChI is InChI=1S/C35H28N2/c1-25-18-20-28(21-19-25)36(33-17-9-11-26-10-5-6-14-30(26)33)29-22-23-35-32(24-29)31-15-7-8-16-34(31)37(35)27-12-3-2-4-13-27/h2-7,9-15,17-24H,8,16H2,1H3. The van der Waals surface area contributed by atoms with Crippen LogP contribution in [0.5, 0.6) is 0 Å². The normalized spacial score (nSPS) is 12.7. The zero-order valence-corrected chi connectivity index (χ0v) is 20.9. The minimum atomic E-state index is 1.05. The monoisotopic (exact) mass is 476 g/mol. The first-order valence-corrected chi connectivity index (χ1v) is 13.0. The summed E-state index contributed by atoms with van der Waals surface area (Å²) in [5.41, 5.74) is 9.99. The van der Waals surface area contributed by atoms with Crippen LogP contribution in [0.2, 0.25) is 0 Å². The highest BCUT2D eigenvalue weighted by Gasteiger charge is 2.21. The molecule has 0 bridgehead atoms. The van der Waals surface area contributed by atoms with Gasteiger partial charge in [0.15, 0.2) is 0 Å². The van der Waals surface area contributed by atoms with E-state index in [9.17, 15) is 0 Å². The van der Waals surface area contributed by atoms with Gasteiger partial charge in [0.2, 0.25) is 0 Å². The fourth-order valence-corrected chi connectivity index (χ4v) is 5.75. The first-order chi connectivity index (χ1) is 18.3. The maximum atomic E-state index is 2.45. The summed E-state index contributed by atoms with van der Waals surface area (Å²) >= 11 is 0. The molecular formula is C35H28N2. The van der Waals surface area contributed by atoms with Crippen molar-refractivity contribution in [3.05, 3.63) is 138 Å². The van der Waals surface area contributed by atoms with Gasteiger partial charge in [-0.25, -0.2) is 0 Å². The third-order valence-electron chi connectivity index (χ3n) is 7.50. The average molecular weight is 477 g/mol. The summed E-state index contributed by atoms with van der Waals surface area (Å²) in [5, 5.41) is 3.79. The van der Waals surface area contributed by atoms with Crippen LogP contribution in [-0.2, 0) is 6.42 Å². The third kappa shape index (κ3) is 3.65. The molecule has 0 spiro atoms. The summed E-state index contributed by atoms with van der Waals surface area (Å²) in [6.45, 7) is 2.14. The molecule has 1 aliphatic carbocycles. The second-order valence-electron chi connectivity index (χ2n) is 9.84. The van der Waals surface area contributed by atoms with Crippen molar-refractivity contribution in [1.29, 1.82) is 0 Å². The van der Waals surface area contributed by atoms with Crippen LogP contribution in [0.15, 0.2) is 121 Å². The molecule has 1 aromatic heterocycles. The van der Waals surface area contributed by atoms with Gasteiger partial charge >= 0.3 is 0 Å². The highest BCUT2D eigenvalue weighted by molar-refractivity contribution is 6.01. The van der Waals surface area contributed by atoms with Crippen LogP contribution in [0.3, 0.4) is 0 Å². The van der Waals surface area contributed by atoms with Gasteiger partial charge in [0, 0.05) is 39.1 Å². The van der Waals surface area contributed by atoms with Gasteiger partial charge in [-0.3, -0.25) is 0 Å². The Hall–Kier alpha value is -4.56. The van der Waals surface area contributed by atoms with Crippen LogP contribution in [0.4, 0.5) is 17.1 Å². The van der Waals surface area contributed by atoms with Crippen molar-refractivity contribution in [3.63, 3.8) is 0 Å². The lowest BCUT2D eigenvalue weighted by molar-refractivity contribution is 0.888. The van der Waals surface area contributed by atoms with Crippen LogP contribution in [0.25, 0.3) is 33.4 Å². The summed E-state index contributed by atoms with van der Waals surface area (Å²) in [4.78, 5) is 2.40. The SMILES string of the molecule is Cc1ccc(N(c2ccc3c(c2)c2c(n3-c3ccccc3)CCC=C2)c2cccc3ccccc23)cc1. The van der Waals surface area contributed by atoms with Crippen molar-refractivity contribution < 1.29 is 0 Å². The Bertz CT molecular complexity index is 1770. The van der Waals surface area contributed by atoms with Crippen LogP contribution in [0.1, 0.15) is 23.2 Å². The summed E-state index contributed by atoms with van der Waals surface area (Å²) in [7, 11) is 0. The molecule has 0 saturated carbocycles. The number of para-hydroxylation sites is 1. The van der Waals surface area contributed by atoms with E-state index in [0.29, 0.717) is 0 Å². The topological polar surface area (TPSA) is 8.17 Å². The van der Waals surface area contributed by atoms with Gasteiger partial charge in [0.05, 0.1) is 11.2 Å². The van der Waals surface area contributed by atoms with Crippen molar-refractivity contribution in [1.82, 2.24) is 4.57 Å². The molecule has 0 unspecified atom stereocenters. The quantitative estimate of drug-likeness (QED) is 0.246. The van der Waals surface area contributed by atoms with E-state index >= 15 is 0 Å². The smallest absolute Gasteiger partial charge is 0.0540 e. The molecule has 2 heteroatoms. The molecule has 0 fully saturated rings.